The van der Waals surface area contributed by atoms with Crippen LogP contribution in [0.15, 0.2) is 18.2 Å². The molecule has 1 aliphatic heterocycles. The first-order chi connectivity index (χ1) is 13.2. The molecule has 3 fully saturated rings. The van der Waals surface area contributed by atoms with Crippen molar-refractivity contribution in [2.75, 3.05) is 23.9 Å². The molecule has 2 unspecified atom stereocenters. The minimum Gasteiger partial charge on any atom is -0.497 e. The van der Waals surface area contributed by atoms with Crippen LogP contribution in [0.2, 0.25) is 0 Å². The summed E-state index contributed by atoms with van der Waals surface area (Å²) in [5.74, 6) is 5.07. The number of aromatic nitrogens is 1. The number of carbonyl (C=O) groups excluding carboxylic acids is 1. The maximum absolute atomic E-state index is 13.0. The summed E-state index contributed by atoms with van der Waals surface area (Å²) < 4.78 is 6.75. The molecule has 1 amide bonds. The fraction of sp³-hybridized carbons (Fsp3) is 0.600. The van der Waals surface area contributed by atoms with Gasteiger partial charge in [0.25, 0.3) is 0 Å². The molecule has 5 rings (SSSR count). The van der Waals surface area contributed by atoms with Gasteiger partial charge in [-0.05, 0) is 55.7 Å². The van der Waals surface area contributed by atoms with Crippen LogP contribution in [0.5, 0.6) is 5.75 Å². The van der Waals surface area contributed by atoms with Gasteiger partial charge in [-0.15, -0.1) is 23.5 Å². The summed E-state index contributed by atoms with van der Waals surface area (Å²) in [5, 5.41) is 3.83. The van der Waals surface area contributed by atoms with Crippen LogP contribution in [-0.2, 0) is 4.79 Å². The van der Waals surface area contributed by atoms with Gasteiger partial charge >= 0.3 is 0 Å². The standard InChI is InChI=1S/C20H24N2O2S3/c1-24-15-5-6-16-17(11-15)27-19(21-16)22-18(23)12-9-13-3-2-4-14(10-12)20(13)25-7-8-26-20/h5-6,11-14H,2-4,7-10H2,1H3,(H,21,22,23). The quantitative estimate of drug-likeness (QED) is 0.735. The van der Waals surface area contributed by atoms with E-state index in [1.54, 1.807) is 7.11 Å². The Hall–Kier alpha value is -0.920. The van der Waals surface area contributed by atoms with Crippen molar-refractivity contribution in [2.45, 2.75) is 36.2 Å². The Bertz CT molecular complexity index is 846. The number of nitrogens with one attached hydrogen (secondary N) is 1. The molecule has 2 aromatic rings. The molecule has 2 saturated carbocycles. The third-order valence-corrected chi connectivity index (χ3v) is 11.3. The largest absolute Gasteiger partial charge is 0.497 e. The van der Waals surface area contributed by atoms with Gasteiger partial charge in [-0.1, -0.05) is 17.8 Å². The van der Waals surface area contributed by atoms with Crippen LogP contribution in [0.3, 0.4) is 0 Å². The van der Waals surface area contributed by atoms with Crippen molar-refractivity contribution >= 4 is 56.1 Å². The lowest BCUT2D eigenvalue weighted by atomic mass is 9.67. The van der Waals surface area contributed by atoms with E-state index >= 15 is 0 Å². The zero-order valence-electron chi connectivity index (χ0n) is 15.4. The second-order valence-electron chi connectivity index (χ2n) is 7.75. The van der Waals surface area contributed by atoms with Crippen LogP contribution >= 0.6 is 34.9 Å². The lowest BCUT2D eigenvalue weighted by molar-refractivity contribution is -0.122. The van der Waals surface area contributed by atoms with Crippen LogP contribution < -0.4 is 10.1 Å². The fourth-order valence-electron chi connectivity index (χ4n) is 5.12. The average molecular weight is 421 g/mol. The van der Waals surface area contributed by atoms with Crippen molar-refractivity contribution < 1.29 is 9.53 Å². The predicted molar refractivity (Wildman–Crippen MR) is 116 cm³/mol. The van der Waals surface area contributed by atoms with Gasteiger partial charge in [0.2, 0.25) is 5.91 Å². The van der Waals surface area contributed by atoms with E-state index < -0.39 is 0 Å². The van der Waals surface area contributed by atoms with Crippen molar-refractivity contribution in [1.82, 2.24) is 4.98 Å². The number of hydrogen-bond donors (Lipinski definition) is 1. The zero-order chi connectivity index (χ0) is 18.4. The van der Waals surface area contributed by atoms with Gasteiger partial charge in [0, 0.05) is 17.4 Å². The number of amides is 1. The number of anilines is 1. The number of carbonyl (C=O) groups is 1. The Kier molecular flexibility index (Phi) is 4.81. The molecule has 1 N–H and O–H groups in total. The number of rotatable bonds is 3. The lowest BCUT2D eigenvalue weighted by Crippen LogP contribution is -2.48. The molecule has 7 heteroatoms. The van der Waals surface area contributed by atoms with E-state index in [0.29, 0.717) is 21.0 Å². The van der Waals surface area contributed by atoms with Crippen molar-refractivity contribution in [1.29, 1.82) is 0 Å². The van der Waals surface area contributed by atoms with Gasteiger partial charge in [0.15, 0.2) is 5.13 Å². The van der Waals surface area contributed by atoms with E-state index in [1.807, 2.05) is 18.2 Å². The summed E-state index contributed by atoms with van der Waals surface area (Å²) >= 11 is 5.91. The molecular formula is C20H24N2O2S3. The molecule has 3 aliphatic rings. The minimum absolute atomic E-state index is 0.134. The van der Waals surface area contributed by atoms with Crippen molar-refractivity contribution in [3.8, 4) is 5.75 Å². The van der Waals surface area contributed by atoms with E-state index in [0.717, 1.165) is 28.8 Å². The summed E-state index contributed by atoms with van der Waals surface area (Å²) in [4.78, 5) is 17.6. The van der Waals surface area contributed by atoms with Gasteiger partial charge in [-0.3, -0.25) is 4.79 Å². The second-order valence-corrected chi connectivity index (χ2v) is 11.8. The van der Waals surface area contributed by atoms with Gasteiger partial charge < -0.3 is 10.1 Å². The van der Waals surface area contributed by atoms with Gasteiger partial charge in [0.1, 0.15) is 5.75 Å². The molecule has 2 aliphatic carbocycles. The zero-order valence-corrected chi connectivity index (χ0v) is 17.9. The Morgan fingerprint density at radius 1 is 1.22 bits per heavy atom. The molecule has 27 heavy (non-hydrogen) atoms. The third kappa shape index (κ3) is 3.15. The number of thioether (sulfide) groups is 2. The molecule has 4 nitrogen and oxygen atoms in total. The smallest absolute Gasteiger partial charge is 0.229 e. The normalized spacial score (nSPS) is 29.1. The minimum atomic E-state index is 0.134. The monoisotopic (exact) mass is 420 g/mol. The molecule has 1 aromatic carbocycles. The number of nitrogens with zero attached hydrogens (tertiary/aromatic N) is 1. The van der Waals surface area contributed by atoms with Crippen LogP contribution in [0.4, 0.5) is 5.13 Å². The van der Waals surface area contributed by atoms with E-state index in [4.69, 9.17) is 4.74 Å². The van der Waals surface area contributed by atoms with Gasteiger partial charge in [0.05, 0.1) is 21.4 Å². The SMILES string of the molecule is COc1ccc2nc(NC(=O)C3CC4CCCC(C3)C43SCCS3)sc2c1. The number of ether oxygens (including phenoxy) is 1. The maximum atomic E-state index is 13.0. The predicted octanol–water partition coefficient (Wildman–Crippen LogP) is 5.25. The molecule has 2 heterocycles. The van der Waals surface area contributed by atoms with Gasteiger partial charge in [-0.25, -0.2) is 4.98 Å². The van der Waals surface area contributed by atoms with Crippen molar-refractivity contribution in [3.63, 3.8) is 0 Å². The van der Waals surface area contributed by atoms with E-state index in [2.05, 4.69) is 33.8 Å². The number of hydrogen-bond acceptors (Lipinski definition) is 6. The molecule has 144 valence electrons. The number of fused-ring (bicyclic) bond motifs is 1. The Morgan fingerprint density at radius 2 is 1.96 bits per heavy atom. The number of thiazole rings is 1. The number of methoxy groups -OCH3 is 1. The summed E-state index contributed by atoms with van der Waals surface area (Å²) in [6.07, 6.45) is 6.01. The highest BCUT2D eigenvalue weighted by Gasteiger charge is 2.55. The summed E-state index contributed by atoms with van der Waals surface area (Å²) in [6.45, 7) is 0. The molecule has 2 atom stereocenters. The average Bonchev–Trinajstić information content (AvgIpc) is 3.28. The van der Waals surface area contributed by atoms with Gasteiger partial charge in [-0.2, -0.15) is 0 Å². The second kappa shape index (κ2) is 7.16. The molecule has 0 radical (unpaired) electrons. The molecule has 1 aromatic heterocycles. The Balaban J connectivity index is 1.32. The summed E-state index contributed by atoms with van der Waals surface area (Å²) in [6, 6.07) is 5.84. The highest BCUT2D eigenvalue weighted by Crippen LogP contribution is 2.64. The van der Waals surface area contributed by atoms with Crippen molar-refractivity contribution in [3.05, 3.63) is 18.2 Å². The molecule has 1 saturated heterocycles. The van der Waals surface area contributed by atoms with Crippen LogP contribution in [0.1, 0.15) is 32.1 Å². The van der Waals surface area contributed by atoms with E-state index in [9.17, 15) is 4.79 Å². The Morgan fingerprint density at radius 3 is 2.67 bits per heavy atom. The highest BCUT2D eigenvalue weighted by atomic mass is 32.2. The van der Waals surface area contributed by atoms with Crippen LogP contribution in [0, 0.1) is 17.8 Å². The lowest BCUT2D eigenvalue weighted by Gasteiger charge is -2.51. The molecular weight excluding hydrogens is 396 g/mol. The maximum Gasteiger partial charge on any atom is 0.229 e. The fourth-order valence-corrected chi connectivity index (χ4v) is 9.95. The van der Waals surface area contributed by atoms with Crippen molar-refractivity contribution in [2.24, 2.45) is 17.8 Å². The van der Waals surface area contributed by atoms with E-state index in [1.165, 1.54) is 42.1 Å². The summed E-state index contributed by atoms with van der Waals surface area (Å²) in [5.41, 5.74) is 0.911. The van der Waals surface area contributed by atoms with Crippen LogP contribution in [-0.4, -0.2) is 33.6 Å². The third-order valence-electron chi connectivity index (χ3n) is 6.32. The first kappa shape index (κ1) is 18.1. The topological polar surface area (TPSA) is 51.2 Å². The van der Waals surface area contributed by atoms with Crippen LogP contribution in [0.25, 0.3) is 10.2 Å². The molecule has 1 spiro atoms. The first-order valence-electron chi connectivity index (χ1n) is 9.71. The first-order valence-corrected chi connectivity index (χ1v) is 12.5. The highest BCUT2D eigenvalue weighted by molar-refractivity contribution is 8.21. The Labute approximate surface area is 172 Å². The molecule has 2 bridgehead atoms. The summed E-state index contributed by atoms with van der Waals surface area (Å²) in [7, 11) is 1.67. The number of benzene rings is 1. The van der Waals surface area contributed by atoms with E-state index in [-0.39, 0.29) is 11.8 Å².